The SMILES string of the molecule is CC(C)CC[S@@](=O)c1cnc2c(cnn2-c2ccc(OCC(=O)O)c(F)c2)c1. The van der Waals surface area contributed by atoms with Crippen LogP contribution in [-0.2, 0) is 15.6 Å². The van der Waals surface area contributed by atoms with Gasteiger partial charge in [0.25, 0.3) is 0 Å². The molecule has 28 heavy (non-hydrogen) atoms. The highest BCUT2D eigenvalue weighted by Crippen LogP contribution is 2.24. The average molecular weight is 405 g/mol. The number of carboxylic acid groups (broad SMARTS) is 1. The van der Waals surface area contributed by atoms with Gasteiger partial charge in [-0.3, -0.25) is 4.21 Å². The first kappa shape index (κ1) is 19.9. The Kier molecular flexibility index (Phi) is 6.03. The average Bonchev–Trinajstić information content (AvgIpc) is 3.08. The predicted octanol–water partition coefficient (Wildman–Crippen LogP) is 3.18. The maximum atomic E-state index is 14.2. The topological polar surface area (TPSA) is 94.3 Å². The molecule has 3 aromatic rings. The zero-order chi connectivity index (χ0) is 20.3. The van der Waals surface area contributed by atoms with Crippen LogP contribution in [0.2, 0.25) is 0 Å². The molecule has 9 heteroatoms. The second kappa shape index (κ2) is 8.47. The van der Waals surface area contributed by atoms with Crippen LogP contribution in [0.4, 0.5) is 4.39 Å². The quantitative estimate of drug-likeness (QED) is 0.619. The summed E-state index contributed by atoms with van der Waals surface area (Å²) in [6.45, 7) is 3.54. The lowest BCUT2D eigenvalue weighted by molar-refractivity contribution is -0.139. The van der Waals surface area contributed by atoms with Crippen LogP contribution < -0.4 is 4.74 Å². The number of halogens is 1. The van der Waals surface area contributed by atoms with Crippen LogP contribution in [0.3, 0.4) is 0 Å². The van der Waals surface area contributed by atoms with Crippen molar-refractivity contribution in [3.63, 3.8) is 0 Å². The number of aliphatic carboxylic acids is 1. The van der Waals surface area contributed by atoms with Gasteiger partial charge in [0, 0.05) is 23.4 Å². The molecule has 3 rings (SSSR count). The monoisotopic (exact) mass is 405 g/mol. The minimum Gasteiger partial charge on any atom is -0.479 e. The normalized spacial score (nSPS) is 12.4. The number of rotatable bonds is 8. The van der Waals surface area contributed by atoms with Crippen molar-refractivity contribution in [3.8, 4) is 11.4 Å². The fourth-order valence-electron chi connectivity index (χ4n) is 2.55. The standard InChI is InChI=1S/C19H20FN3O4S/c1-12(2)5-6-28(26)15-7-13-9-22-23(19(13)21-10-15)14-3-4-17(16(20)8-14)27-11-18(24)25/h3-4,7-10,12H,5-6,11H2,1-2H3,(H,24,25)/t28-/m1/s1. The Morgan fingerprint density at radius 3 is 2.79 bits per heavy atom. The molecule has 0 spiro atoms. The number of carbonyl (C=O) groups is 1. The van der Waals surface area contributed by atoms with Crippen molar-refractivity contribution >= 4 is 27.8 Å². The smallest absolute Gasteiger partial charge is 0.341 e. The Labute approximate surface area is 163 Å². The van der Waals surface area contributed by atoms with E-state index < -0.39 is 29.2 Å². The van der Waals surface area contributed by atoms with E-state index in [1.165, 1.54) is 16.8 Å². The van der Waals surface area contributed by atoms with Crippen molar-refractivity contribution in [2.75, 3.05) is 12.4 Å². The van der Waals surface area contributed by atoms with Crippen LogP contribution in [0.15, 0.2) is 41.6 Å². The molecule has 7 nitrogen and oxygen atoms in total. The number of carboxylic acids is 1. The molecule has 0 fully saturated rings. The van der Waals surface area contributed by atoms with E-state index in [-0.39, 0.29) is 5.75 Å². The number of benzene rings is 1. The van der Waals surface area contributed by atoms with Crippen molar-refractivity contribution in [1.29, 1.82) is 0 Å². The lowest BCUT2D eigenvalue weighted by Gasteiger charge is -2.08. The van der Waals surface area contributed by atoms with Gasteiger partial charge in [0.2, 0.25) is 0 Å². The maximum Gasteiger partial charge on any atom is 0.341 e. The van der Waals surface area contributed by atoms with Crippen molar-refractivity contribution in [3.05, 3.63) is 42.5 Å². The van der Waals surface area contributed by atoms with Gasteiger partial charge in [0.1, 0.15) is 0 Å². The van der Waals surface area contributed by atoms with Crippen LogP contribution >= 0.6 is 0 Å². The van der Waals surface area contributed by atoms with Crippen molar-refractivity contribution in [1.82, 2.24) is 14.8 Å². The third-order valence-electron chi connectivity index (χ3n) is 4.04. The lowest BCUT2D eigenvalue weighted by atomic mass is 10.2. The van der Waals surface area contributed by atoms with Gasteiger partial charge in [0.05, 0.1) is 27.6 Å². The molecule has 0 amide bonds. The van der Waals surface area contributed by atoms with E-state index in [4.69, 9.17) is 9.84 Å². The second-order valence-corrected chi connectivity index (χ2v) is 8.24. The first-order valence-corrected chi connectivity index (χ1v) is 10.0. The number of nitrogens with zero attached hydrogens (tertiary/aromatic N) is 3. The number of pyridine rings is 1. The van der Waals surface area contributed by atoms with E-state index in [2.05, 4.69) is 23.9 Å². The van der Waals surface area contributed by atoms with Crippen LogP contribution in [0, 0.1) is 11.7 Å². The first-order chi connectivity index (χ1) is 13.3. The summed E-state index contributed by atoms with van der Waals surface area (Å²) < 4.78 is 32.9. The molecule has 1 atom stereocenters. The zero-order valence-corrected chi connectivity index (χ0v) is 16.3. The number of hydrogen-bond donors (Lipinski definition) is 1. The summed E-state index contributed by atoms with van der Waals surface area (Å²) in [4.78, 5) is 15.5. The molecule has 0 saturated heterocycles. The number of ether oxygens (including phenoxy) is 1. The van der Waals surface area contributed by atoms with E-state index in [1.807, 2.05) is 0 Å². The zero-order valence-electron chi connectivity index (χ0n) is 15.5. The molecule has 0 bridgehead atoms. The number of aromatic nitrogens is 3. The lowest BCUT2D eigenvalue weighted by Crippen LogP contribution is -2.10. The van der Waals surface area contributed by atoms with Gasteiger partial charge in [-0.05, 0) is 30.5 Å². The predicted molar refractivity (Wildman–Crippen MR) is 103 cm³/mol. The first-order valence-electron chi connectivity index (χ1n) is 8.72. The minimum atomic E-state index is -1.19. The van der Waals surface area contributed by atoms with Gasteiger partial charge < -0.3 is 9.84 Å². The minimum absolute atomic E-state index is 0.154. The Balaban J connectivity index is 1.85. The molecule has 0 aliphatic rings. The van der Waals surface area contributed by atoms with Gasteiger partial charge in [0.15, 0.2) is 23.8 Å². The molecule has 1 aromatic carbocycles. The van der Waals surface area contributed by atoms with E-state index in [1.54, 1.807) is 24.5 Å². The Hall–Kier alpha value is -2.81. The molecule has 148 valence electrons. The van der Waals surface area contributed by atoms with Gasteiger partial charge in [-0.2, -0.15) is 5.10 Å². The number of hydrogen-bond acceptors (Lipinski definition) is 5. The summed E-state index contributed by atoms with van der Waals surface area (Å²) in [6.07, 6.45) is 4.00. The van der Waals surface area contributed by atoms with E-state index in [0.29, 0.717) is 33.3 Å². The molecular formula is C19H20FN3O4S. The highest BCUT2D eigenvalue weighted by molar-refractivity contribution is 7.85. The molecular weight excluding hydrogens is 385 g/mol. The second-order valence-electron chi connectivity index (χ2n) is 6.67. The van der Waals surface area contributed by atoms with Crippen LogP contribution in [0.1, 0.15) is 20.3 Å². The van der Waals surface area contributed by atoms with Gasteiger partial charge in [-0.15, -0.1) is 0 Å². The third-order valence-corrected chi connectivity index (χ3v) is 5.39. The summed E-state index contributed by atoms with van der Waals surface area (Å²) in [6, 6.07) is 5.88. The van der Waals surface area contributed by atoms with Crippen LogP contribution in [0.25, 0.3) is 16.7 Å². The van der Waals surface area contributed by atoms with E-state index in [9.17, 15) is 13.4 Å². The largest absolute Gasteiger partial charge is 0.479 e. The Bertz CT molecular complexity index is 1040. The van der Waals surface area contributed by atoms with Crippen molar-refractivity contribution in [2.24, 2.45) is 5.92 Å². The summed E-state index contributed by atoms with van der Waals surface area (Å²) in [5, 5.41) is 13.6. The Morgan fingerprint density at radius 1 is 1.32 bits per heavy atom. The summed E-state index contributed by atoms with van der Waals surface area (Å²) in [5.74, 6) is -0.998. The fraction of sp³-hybridized carbons (Fsp3) is 0.316. The molecule has 2 aromatic heterocycles. The number of fused-ring (bicyclic) bond motifs is 1. The van der Waals surface area contributed by atoms with Crippen molar-refractivity contribution < 1.29 is 23.2 Å². The van der Waals surface area contributed by atoms with E-state index >= 15 is 0 Å². The summed E-state index contributed by atoms with van der Waals surface area (Å²) >= 11 is 0. The molecule has 0 radical (unpaired) electrons. The summed E-state index contributed by atoms with van der Waals surface area (Å²) in [7, 11) is -1.13. The Morgan fingerprint density at radius 2 is 2.11 bits per heavy atom. The molecule has 0 saturated carbocycles. The van der Waals surface area contributed by atoms with Crippen LogP contribution in [-0.4, -0.2) is 42.4 Å². The van der Waals surface area contributed by atoms with Crippen molar-refractivity contribution in [2.45, 2.75) is 25.2 Å². The molecule has 1 N–H and O–H groups in total. The van der Waals surface area contributed by atoms with Gasteiger partial charge >= 0.3 is 5.97 Å². The molecule has 0 aliphatic heterocycles. The molecule has 2 heterocycles. The highest BCUT2D eigenvalue weighted by atomic mass is 32.2. The third kappa shape index (κ3) is 4.53. The maximum absolute atomic E-state index is 14.2. The molecule has 0 unspecified atom stereocenters. The van der Waals surface area contributed by atoms with Gasteiger partial charge in [-0.1, -0.05) is 13.8 Å². The highest BCUT2D eigenvalue weighted by Gasteiger charge is 2.13. The van der Waals surface area contributed by atoms with E-state index in [0.717, 1.165) is 6.42 Å². The fourth-order valence-corrected chi connectivity index (χ4v) is 3.90. The molecule has 0 aliphatic carbocycles. The van der Waals surface area contributed by atoms with Crippen LogP contribution in [0.5, 0.6) is 5.75 Å². The van der Waals surface area contributed by atoms with Gasteiger partial charge in [-0.25, -0.2) is 18.9 Å². The summed E-state index contributed by atoms with van der Waals surface area (Å²) in [5.41, 5.74) is 0.916.